The SMILES string of the molecule is COc1ccc([C@H](Cc2c(Cl)c[nH+]cc2Cl)OC(=O)c2ccc(CNc3cc(O)cc(F)c3)cc2)cc1OC. The number of methoxy groups -OCH3 is 2. The van der Waals surface area contributed by atoms with Crippen LogP contribution in [-0.2, 0) is 17.7 Å². The van der Waals surface area contributed by atoms with E-state index in [1.54, 1.807) is 54.9 Å². The first kappa shape index (κ1) is 28.0. The van der Waals surface area contributed by atoms with Crippen LogP contribution in [0, 0.1) is 5.82 Å². The first-order valence-corrected chi connectivity index (χ1v) is 12.6. The van der Waals surface area contributed by atoms with E-state index < -0.39 is 17.9 Å². The van der Waals surface area contributed by atoms with E-state index in [2.05, 4.69) is 10.3 Å². The third-order valence-electron chi connectivity index (χ3n) is 5.98. The van der Waals surface area contributed by atoms with Crippen molar-refractivity contribution in [3.63, 3.8) is 0 Å². The molecule has 202 valence electrons. The molecule has 0 aliphatic carbocycles. The molecule has 10 heteroatoms. The van der Waals surface area contributed by atoms with Gasteiger partial charge in [0.15, 0.2) is 23.9 Å². The summed E-state index contributed by atoms with van der Waals surface area (Å²) in [6.45, 7) is 0.356. The van der Waals surface area contributed by atoms with Gasteiger partial charge in [-0.15, -0.1) is 0 Å². The van der Waals surface area contributed by atoms with Gasteiger partial charge in [0.2, 0.25) is 0 Å². The summed E-state index contributed by atoms with van der Waals surface area (Å²) in [7, 11) is 3.06. The van der Waals surface area contributed by atoms with Gasteiger partial charge < -0.3 is 24.6 Å². The van der Waals surface area contributed by atoms with Crippen LogP contribution in [0.25, 0.3) is 0 Å². The Bertz CT molecular complexity index is 1430. The molecule has 1 aromatic heterocycles. The summed E-state index contributed by atoms with van der Waals surface area (Å²) in [4.78, 5) is 16.1. The normalized spacial score (nSPS) is 11.5. The number of carbonyl (C=O) groups excluding carboxylic acids is 1. The number of aromatic hydroxyl groups is 1. The molecule has 1 heterocycles. The van der Waals surface area contributed by atoms with Crippen molar-refractivity contribution in [2.75, 3.05) is 19.5 Å². The lowest BCUT2D eigenvalue weighted by Crippen LogP contribution is -2.16. The highest BCUT2D eigenvalue weighted by Crippen LogP contribution is 2.35. The van der Waals surface area contributed by atoms with Gasteiger partial charge in [-0.2, -0.15) is 0 Å². The molecule has 7 nitrogen and oxygen atoms in total. The van der Waals surface area contributed by atoms with E-state index in [1.165, 1.54) is 26.4 Å². The van der Waals surface area contributed by atoms with Gasteiger partial charge >= 0.3 is 5.97 Å². The molecule has 0 radical (unpaired) electrons. The summed E-state index contributed by atoms with van der Waals surface area (Å²) in [5.41, 5.74) is 2.90. The van der Waals surface area contributed by atoms with E-state index in [9.17, 15) is 14.3 Å². The van der Waals surface area contributed by atoms with Crippen LogP contribution in [0.5, 0.6) is 17.2 Å². The highest BCUT2D eigenvalue weighted by molar-refractivity contribution is 6.35. The second-order valence-corrected chi connectivity index (χ2v) is 9.41. The lowest BCUT2D eigenvalue weighted by Gasteiger charge is -2.20. The quantitative estimate of drug-likeness (QED) is 0.213. The number of phenols is 1. The Hall–Kier alpha value is -4.01. The van der Waals surface area contributed by atoms with E-state index in [0.717, 1.165) is 11.6 Å². The molecular formula is C29H26Cl2FN2O5+. The molecule has 0 unspecified atom stereocenters. The molecule has 39 heavy (non-hydrogen) atoms. The fourth-order valence-electron chi connectivity index (χ4n) is 3.97. The van der Waals surface area contributed by atoms with Gasteiger partial charge in [0, 0.05) is 36.3 Å². The molecule has 0 bridgehead atoms. The summed E-state index contributed by atoms with van der Waals surface area (Å²) in [6.07, 6.45) is 2.69. The number of ether oxygens (including phenoxy) is 3. The van der Waals surface area contributed by atoms with Crippen LogP contribution in [0.4, 0.5) is 10.1 Å². The van der Waals surface area contributed by atoms with Crippen LogP contribution in [0.3, 0.4) is 0 Å². The zero-order chi connectivity index (χ0) is 27.9. The van der Waals surface area contributed by atoms with Crippen LogP contribution in [0.2, 0.25) is 10.0 Å². The summed E-state index contributed by atoms with van der Waals surface area (Å²) in [6, 6.07) is 15.8. The number of aromatic amines is 1. The molecule has 3 aromatic carbocycles. The summed E-state index contributed by atoms with van der Waals surface area (Å²) >= 11 is 12.8. The lowest BCUT2D eigenvalue weighted by molar-refractivity contribution is -0.377. The van der Waals surface area contributed by atoms with E-state index >= 15 is 0 Å². The Morgan fingerprint density at radius 1 is 0.974 bits per heavy atom. The van der Waals surface area contributed by atoms with Crippen LogP contribution >= 0.6 is 23.2 Å². The summed E-state index contributed by atoms with van der Waals surface area (Å²) in [5, 5.41) is 13.4. The van der Waals surface area contributed by atoms with Crippen LogP contribution in [0.15, 0.2) is 73.1 Å². The Balaban J connectivity index is 1.53. The molecule has 0 saturated carbocycles. The van der Waals surface area contributed by atoms with Crippen molar-refractivity contribution in [3.05, 3.63) is 111 Å². The number of esters is 1. The Kier molecular flexibility index (Phi) is 9.11. The fraction of sp³-hybridized carbons (Fsp3) is 0.172. The molecule has 0 amide bonds. The molecule has 3 N–H and O–H groups in total. The topological polar surface area (TPSA) is 91.2 Å². The van der Waals surface area contributed by atoms with Crippen LogP contribution in [0.1, 0.15) is 33.2 Å². The average Bonchev–Trinajstić information content (AvgIpc) is 2.92. The van der Waals surface area contributed by atoms with Gasteiger partial charge in [0.1, 0.15) is 27.7 Å². The van der Waals surface area contributed by atoms with Crippen molar-refractivity contribution in [1.82, 2.24) is 0 Å². The smallest absolute Gasteiger partial charge is 0.338 e. The third kappa shape index (κ3) is 7.10. The number of pyridine rings is 1. The maximum absolute atomic E-state index is 13.5. The molecule has 1 atom stereocenters. The number of hydrogen-bond acceptors (Lipinski definition) is 6. The highest BCUT2D eigenvalue weighted by Gasteiger charge is 2.24. The molecule has 0 aliphatic heterocycles. The van der Waals surface area contributed by atoms with E-state index in [4.69, 9.17) is 37.4 Å². The lowest BCUT2D eigenvalue weighted by atomic mass is 10.0. The molecule has 0 saturated heterocycles. The Morgan fingerprint density at radius 2 is 1.67 bits per heavy atom. The molecule has 0 fully saturated rings. The molecule has 0 spiro atoms. The van der Waals surface area contributed by atoms with Gasteiger partial charge in [-0.05, 0) is 41.5 Å². The van der Waals surface area contributed by atoms with E-state index in [0.29, 0.717) is 50.5 Å². The fourth-order valence-corrected chi connectivity index (χ4v) is 4.51. The first-order chi connectivity index (χ1) is 18.8. The van der Waals surface area contributed by atoms with E-state index in [1.807, 2.05) is 0 Å². The van der Waals surface area contributed by atoms with Gasteiger partial charge in [-0.25, -0.2) is 14.2 Å². The number of anilines is 1. The van der Waals surface area contributed by atoms with Gasteiger partial charge in [-0.1, -0.05) is 41.4 Å². The number of nitrogens with one attached hydrogen (secondary N) is 2. The first-order valence-electron chi connectivity index (χ1n) is 11.9. The Morgan fingerprint density at radius 3 is 2.31 bits per heavy atom. The van der Waals surface area contributed by atoms with Crippen LogP contribution in [-0.4, -0.2) is 25.3 Å². The highest BCUT2D eigenvalue weighted by atomic mass is 35.5. The van der Waals surface area contributed by atoms with Crippen molar-refractivity contribution >= 4 is 34.9 Å². The number of phenolic OH excluding ortho intramolecular Hbond substituents is 1. The minimum atomic E-state index is -0.739. The second-order valence-electron chi connectivity index (χ2n) is 8.59. The minimum absolute atomic E-state index is 0.171. The minimum Gasteiger partial charge on any atom is -0.508 e. The maximum Gasteiger partial charge on any atom is 0.338 e. The number of carbonyl (C=O) groups is 1. The van der Waals surface area contributed by atoms with Crippen molar-refractivity contribution in [2.24, 2.45) is 0 Å². The molecule has 4 aromatic rings. The number of benzene rings is 3. The average molecular weight is 572 g/mol. The predicted octanol–water partition coefficient (Wildman–Crippen LogP) is 6.42. The number of H-pyrrole nitrogens is 1. The van der Waals surface area contributed by atoms with Crippen molar-refractivity contribution in [1.29, 1.82) is 0 Å². The number of aromatic nitrogens is 1. The summed E-state index contributed by atoms with van der Waals surface area (Å²) < 4.78 is 30.2. The van der Waals surface area contributed by atoms with E-state index in [-0.39, 0.29) is 12.2 Å². The van der Waals surface area contributed by atoms with Gasteiger partial charge in [0.05, 0.1) is 19.8 Å². The zero-order valence-electron chi connectivity index (χ0n) is 21.1. The molecular weight excluding hydrogens is 546 g/mol. The molecule has 4 rings (SSSR count). The largest absolute Gasteiger partial charge is 0.508 e. The number of rotatable bonds is 10. The van der Waals surface area contributed by atoms with Gasteiger partial charge in [-0.3, -0.25) is 0 Å². The third-order valence-corrected chi connectivity index (χ3v) is 6.66. The summed E-state index contributed by atoms with van der Waals surface area (Å²) in [5.74, 6) is -0.238. The second kappa shape index (κ2) is 12.7. The molecule has 0 aliphatic rings. The number of halogens is 3. The van der Waals surface area contributed by atoms with Crippen LogP contribution < -0.4 is 19.8 Å². The standard InChI is InChI=1S/C29H25Cl2FN2O5/c1-37-26-8-7-19(9-28(26)38-2)27(13-23-24(30)15-33-16-25(23)31)39-29(36)18-5-3-17(4-6-18)14-34-21-10-20(32)11-22(35)12-21/h3-12,15-16,27,34-35H,13-14H2,1-2H3/p+1/t27-/m0/s1. The van der Waals surface area contributed by atoms with Crippen molar-refractivity contribution < 1.29 is 33.5 Å². The predicted molar refractivity (Wildman–Crippen MR) is 146 cm³/mol. The number of hydrogen-bond donors (Lipinski definition) is 2. The van der Waals surface area contributed by atoms with Crippen molar-refractivity contribution in [3.8, 4) is 17.2 Å². The monoisotopic (exact) mass is 571 g/mol. The van der Waals surface area contributed by atoms with Gasteiger partial charge in [0.25, 0.3) is 0 Å². The Labute approximate surface area is 235 Å². The zero-order valence-corrected chi connectivity index (χ0v) is 22.6. The van der Waals surface area contributed by atoms with Crippen molar-refractivity contribution in [2.45, 2.75) is 19.1 Å². The maximum atomic E-state index is 13.5.